The van der Waals surface area contributed by atoms with Gasteiger partial charge in [-0.2, -0.15) is 0 Å². The Labute approximate surface area is 228 Å². The quantitative estimate of drug-likeness (QED) is 0.175. The normalized spacial score (nSPS) is 12.5. The lowest BCUT2D eigenvalue weighted by atomic mass is 10.2. The highest BCUT2D eigenvalue weighted by Crippen LogP contribution is 2.42. The third kappa shape index (κ3) is 8.79. The predicted molar refractivity (Wildman–Crippen MR) is 146 cm³/mol. The van der Waals surface area contributed by atoms with E-state index in [0.29, 0.717) is 58.5 Å². The molecule has 0 fully saturated rings. The molecule has 12 heteroatoms. The number of carbonyl (C=O) groups excluding carboxylic acids is 2. The average molecular weight is 572 g/mol. The Balaban J connectivity index is 2.28. The van der Waals surface area contributed by atoms with Gasteiger partial charge < -0.3 is 20.0 Å². The van der Waals surface area contributed by atoms with Gasteiger partial charge in [-0.25, -0.2) is 9.97 Å². The van der Waals surface area contributed by atoms with E-state index in [2.05, 4.69) is 9.97 Å². The number of halogens is 2. The van der Waals surface area contributed by atoms with Crippen molar-refractivity contribution in [2.45, 2.75) is 39.8 Å². The van der Waals surface area contributed by atoms with Gasteiger partial charge in [0.1, 0.15) is 10.3 Å². The van der Waals surface area contributed by atoms with Crippen LogP contribution in [-0.4, -0.2) is 56.0 Å². The van der Waals surface area contributed by atoms with Crippen molar-refractivity contribution < 1.29 is 19.8 Å². The van der Waals surface area contributed by atoms with Gasteiger partial charge in [-0.15, -0.1) is 0 Å². The van der Waals surface area contributed by atoms with E-state index in [4.69, 9.17) is 23.2 Å². The van der Waals surface area contributed by atoms with E-state index in [9.17, 15) is 19.8 Å². The fraction of sp³-hybridized carbons (Fsp3) is 0.333. The van der Waals surface area contributed by atoms with Gasteiger partial charge in [0.05, 0.1) is 13.1 Å². The monoisotopic (exact) mass is 570 g/mol. The van der Waals surface area contributed by atoms with Crippen LogP contribution in [0.3, 0.4) is 0 Å². The highest BCUT2D eigenvalue weighted by molar-refractivity contribution is 8.79. The zero-order chi connectivity index (χ0) is 26.5. The maximum absolute atomic E-state index is 11.9. The molecule has 0 aliphatic carbocycles. The van der Waals surface area contributed by atoms with Gasteiger partial charge in [-0.05, 0) is 26.0 Å². The lowest BCUT2D eigenvalue weighted by Gasteiger charge is -2.24. The lowest BCUT2D eigenvalue weighted by molar-refractivity contribution is -0.117. The topological polar surface area (TPSA) is 107 Å². The largest absolute Gasteiger partial charge is 0.396 e. The molecule has 0 aromatic carbocycles. The maximum atomic E-state index is 11.9. The number of hydrogen-bond donors (Lipinski definition) is 2. The van der Waals surface area contributed by atoms with E-state index in [1.54, 1.807) is 50.5 Å². The van der Waals surface area contributed by atoms with Crippen LogP contribution in [0.1, 0.15) is 37.8 Å². The minimum Gasteiger partial charge on any atom is -0.396 e. The van der Waals surface area contributed by atoms with E-state index >= 15 is 0 Å². The van der Waals surface area contributed by atoms with Crippen molar-refractivity contribution in [1.29, 1.82) is 0 Å². The summed E-state index contributed by atoms with van der Waals surface area (Å²) >= 11 is 12.3. The van der Waals surface area contributed by atoms with E-state index in [0.717, 1.165) is 9.81 Å². The Hall–Kier alpha value is -2.08. The molecule has 2 heterocycles. The zero-order valence-corrected chi connectivity index (χ0v) is 23.1. The van der Waals surface area contributed by atoms with Crippen LogP contribution in [0.25, 0.3) is 0 Å². The second kappa shape index (κ2) is 15.9. The summed E-state index contributed by atoms with van der Waals surface area (Å²) < 4.78 is 0. The maximum Gasteiger partial charge on any atom is 0.214 e. The van der Waals surface area contributed by atoms with Crippen molar-refractivity contribution in [3.8, 4) is 0 Å². The summed E-state index contributed by atoms with van der Waals surface area (Å²) in [4.78, 5) is 36.4. The van der Waals surface area contributed by atoms with Crippen LogP contribution < -0.4 is 0 Å². The molecule has 2 rings (SSSR count). The van der Waals surface area contributed by atoms with Crippen molar-refractivity contribution in [2.24, 2.45) is 0 Å². The van der Waals surface area contributed by atoms with Crippen molar-refractivity contribution in [3.05, 3.63) is 79.3 Å². The number of nitrogens with zero attached hydrogens (tertiary/aromatic N) is 4. The first-order valence-corrected chi connectivity index (χ1v) is 13.8. The molecule has 0 aliphatic heterocycles. The van der Waals surface area contributed by atoms with Gasteiger partial charge in [-0.1, -0.05) is 56.9 Å². The number of hydrogen-bond acceptors (Lipinski definition) is 8. The number of pyridine rings is 2. The fourth-order valence-corrected chi connectivity index (χ4v) is 6.31. The Morgan fingerprint density at radius 2 is 1.22 bits per heavy atom. The molecule has 0 radical (unpaired) electrons. The van der Waals surface area contributed by atoms with Crippen LogP contribution in [0.15, 0.2) is 57.9 Å². The van der Waals surface area contributed by atoms with Gasteiger partial charge in [-0.3, -0.25) is 9.59 Å². The summed E-state index contributed by atoms with van der Waals surface area (Å²) in [5, 5.41) is 19.9. The van der Waals surface area contributed by atoms with Crippen LogP contribution in [0.2, 0.25) is 10.3 Å². The van der Waals surface area contributed by atoms with Crippen molar-refractivity contribution in [3.63, 3.8) is 0 Å². The molecular formula is C24H28Cl2N4O4S2. The Morgan fingerprint density at radius 3 is 1.53 bits per heavy atom. The molecule has 8 nitrogen and oxygen atoms in total. The third-order valence-electron chi connectivity index (χ3n) is 5.20. The first-order valence-electron chi connectivity index (χ1n) is 10.9. The molecule has 0 spiro atoms. The van der Waals surface area contributed by atoms with E-state index in [1.807, 2.05) is 0 Å². The molecule has 2 aromatic rings. The van der Waals surface area contributed by atoms with Crippen LogP contribution in [0.4, 0.5) is 0 Å². The Morgan fingerprint density at radius 1 is 0.833 bits per heavy atom. The molecule has 0 aliphatic rings. The first kappa shape index (κ1) is 30.1. The summed E-state index contributed by atoms with van der Waals surface area (Å²) in [5.74, 6) is 0. The SMILES string of the molecule is C/C(=C(\CCO)SS/C(CCO)=C(/C)N(C=O)Cc1cccnc1Cl)N(C=O)Cc1cccnc1Cl. The van der Waals surface area contributed by atoms with E-state index in [1.165, 1.54) is 31.4 Å². The third-order valence-corrected chi connectivity index (χ3v) is 8.82. The number of aromatic nitrogens is 2. The Kier molecular flexibility index (Phi) is 13.3. The highest BCUT2D eigenvalue weighted by Gasteiger charge is 2.17. The molecule has 36 heavy (non-hydrogen) atoms. The number of amides is 2. The fourth-order valence-electron chi connectivity index (χ4n) is 3.10. The summed E-state index contributed by atoms with van der Waals surface area (Å²) in [5.41, 5.74) is 2.71. The van der Waals surface area contributed by atoms with Gasteiger partial charge in [0.15, 0.2) is 0 Å². The van der Waals surface area contributed by atoms with Crippen LogP contribution in [-0.2, 0) is 22.7 Å². The van der Waals surface area contributed by atoms with Gasteiger partial charge in [0.2, 0.25) is 12.8 Å². The van der Waals surface area contributed by atoms with Crippen LogP contribution >= 0.6 is 44.8 Å². The zero-order valence-electron chi connectivity index (χ0n) is 19.9. The average Bonchev–Trinajstić information content (AvgIpc) is 2.88. The summed E-state index contributed by atoms with van der Waals surface area (Å²) in [6.07, 6.45) is 5.22. The standard InChI is InChI=1S/C24H28Cl2N4O4S2/c1-17(29(15-33)13-19-5-3-9-27-23(19)25)21(7-11-31)35-36-22(8-12-32)18(2)30(16-34)14-20-6-4-10-28-24(20)26/h3-6,9-10,15-16,31-32H,7-8,11-14H2,1-2H3/b21-17-,22-18-. The molecule has 0 atom stereocenters. The highest BCUT2D eigenvalue weighted by atomic mass is 35.5. The molecule has 0 unspecified atom stereocenters. The van der Waals surface area contributed by atoms with Crippen LogP contribution in [0, 0.1) is 0 Å². The minimum atomic E-state index is -0.113. The van der Waals surface area contributed by atoms with Crippen molar-refractivity contribution >= 4 is 57.6 Å². The smallest absolute Gasteiger partial charge is 0.214 e. The van der Waals surface area contributed by atoms with Gasteiger partial charge in [0.25, 0.3) is 0 Å². The van der Waals surface area contributed by atoms with Gasteiger partial charge >= 0.3 is 0 Å². The number of allylic oxidation sites excluding steroid dienone is 2. The predicted octanol–water partition coefficient (Wildman–Crippen LogP) is 5.01. The molecule has 0 saturated heterocycles. The second-order valence-electron chi connectivity index (χ2n) is 7.50. The molecule has 0 bridgehead atoms. The number of carbonyl (C=O) groups is 2. The molecule has 194 valence electrons. The molecule has 2 amide bonds. The van der Waals surface area contributed by atoms with Crippen molar-refractivity contribution in [1.82, 2.24) is 19.8 Å². The second-order valence-corrected chi connectivity index (χ2v) is 10.5. The van der Waals surface area contributed by atoms with Gasteiger partial charge in [0, 0.05) is 70.8 Å². The number of rotatable bonds is 15. The minimum absolute atomic E-state index is 0.113. The van der Waals surface area contributed by atoms with Crippen LogP contribution in [0.5, 0.6) is 0 Å². The first-order chi connectivity index (χ1) is 17.4. The molecule has 2 aromatic heterocycles. The molecule has 0 saturated carbocycles. The number of aliphatic hydroxyl groups excluding tert-OH is 2. The molecule has 2 N–H and O–H groups in total. The summed E-state index contributed by atoms with van der Waals surface area (Å²) in [7, 11) is 2.73. The number of aliphatic hydroxyl groups is 2. The van der Waals surface area contributed by atoms with E-state index in [-0.39, 0.29) is 26.3 Å². The summed E-state index contributed by atoms with van der Waals surface area (Å²) in [6, 6.07) is 7.07. The molecular weight excluding hydrogens is 543 g/mol. The lowest BCUT2D eigenvalue weighted by Crippen LogP contribution is -2.21. The van der Waals surface area contributed by atoms with E-state index < -0.39 is 0 Å². The summed E-state index contributed by atoms with van der Waals surface area (Å²) in [6.45, 7) is 3.82. The van der Waals surface area contributed by atoms with Crippen molar-refractivity contribution in [2.75, 3.05) is 13.2 Å². The Bertz CT molecular complexity index is 1020.